The number of ether oxygens (including phenoxy) is 1. The maximum Gasteiger partial charge on any atom is 0.130 e. The van der Waals surface area contributed by atoms with Crippen LogP contribution in [-0.4, -0.2) is 4.98 Å². The van der Waals surface area contributed by atoms with Crippen molar-refractivity contribution in [1.29, 1.82) is 0 Å². The molecule has 1 aromatic heterocycles. The second kappa shape index (κ2) is 6.53. The Morgan fingerprint density at radius 1 is 1.11 bits per heavy atom. The van der Waals surface area contributed by atoms with Gasteiger partial charge in [0, 0.05) is 16.2 Å². The maximum absolute atomic E-state index is 6.02. The summed E-state index contributed by atoms with van der Waals surface area (Å²) < 4.78 is 6.64. The van der Waals surface area contributed by atoms with Gasteiger partial charge in [-0.15, -0.1) is 0 Å². The number of benzene rings is 1. The molecule has 0 fully saturated rings. The van der Waals surface area contributed by atoms with Crippen LogP contribution in [0.3, 0.4) is 0 Å². The van der Waals surface area contributed by atoms with Crippen LogP contribution in [0.4, 0.5) is 0 Å². The summed E-state index contributed by atoms with van der Waals surface area (Å²) in [6.45, 7) is 0.950. The van der Waals surface area contributed by atoms with Crippen molar-refractivity contribution < 1.29 is 4.74 Å². The van der Waals surface area contributed by atoms with Crippen LogP contribution in [0.5, 0.6) is 0 Å². The number of hydrogen-bond acceptors (Lipinski definition) is 2. The number of halogens is 3. The van der Waals surface area contributed by atoms with Gasteiger partial charge in [0.25, 0.3) is 0 Å². The first-order valence-electron chi connectivity index (χ1n) is 5.27. The largest absolute Gasteiger partial charge is 0.372 e. The average Bonchev–Trinajstić information content (AvgIpc) is 2.34. The van der Waals surface area contributed by atoms with Crippen LogP contribution in [0.1, 0.15) is 11.1 Å². The van der Waals surface area contributed by atoms with E-state index >= 15 is 0 Å². The van der Waals surface area contributed by atoms with Gasteiger partial charge >= 0.3 is 0 Å². The van der Waals surface area contributed by atoms with Crippen molar-refractivity contribution in [3.05, 3.63) is 62.3 Å². The SMILES string of the molecule is Clc1cc(Cl)c(COCc2ccc(Br)cc2)cn1. The number of rotatable bonds is 4. The lowest BCUT2D eigenvalue weighted by Crippen LogP contribution is -1.95. The zero-order chi connectivity index (χ0) is 13.0. The molecule has 0 unspecified atom stereocenters. The molecule has 2 nitrogen and oxygen atoms in total. The average molecular weight is 347 g/mol. The Kier molecular flexibility index (Phi) is 5.01. The predicted molar refractivity (Wildman–Crippen MR) is 76.9 cm³/mol. The lowest BCUT2D eigenvalue weighted by molar-refractivity contribution is 0.107. The fraction of sp³-hybridized carbons (Fsp3) is 0.154. The summed E-state index contributed by atoms with van der Waals surface area (Å²) in [7, 11) is 0. The third kappa shape index (κ3) is 3.95. The minimum Gasteiger partial charge on any atom is -0.372 e. The van der Waals surface area contributed by atoms with E-state index in [1.807, 2.05) is 24.3 Å². The number of nitrogens with zero attached hydrogens (tertiary/aromatic N) is 1. The Balaban J connectivity index is 1.90. The highest BCUT2D eigenvalue weighted by Crippen LogP contribution is 2.20. The zero-order valence-corrected chi connectivity index (χ0v) is 12.5. The molecule has 0 amide bonds. The van der Waals surface area contributed by atoms with E-state index in [2.05, 4.69) is 20.9 Å². The molecule has 2 rings (SSSR count). The molecule has 0 atom stereocenters. The highest BCUT2D eigenvalue weighted by molar-refractivity contribution is 9.10. The van der Waals surface area contributed by atoms with Crippen molar-refractivity contribution in [2.45, 2.75) is 13.2 Å². The zero-order valence-electron chi connectivity index (χ0n) is 9.37. The van der Waals surface area contributed by atoms with Crippen molar-refractivity contribution in [1.82, 2.24) is 4.98 Å². The van der Waals surface area contributed by atoms with E-state index in [1.165, 1.54) is 0 Å². The van der Waals surface area contributed by atoms with Gasteiger partial charge in [-0.1, -0.05) is 51.3 Å². The molecule has 5 heteroatoms. The lowest BCUT2D eigenvalue weighted by atomic mass is 10.2. The Bertz CT molecular complexity index is 531. The molecular formula is C13H10BrCl2NO. The highest BCUT2D eigenvalue weighted by atomic mass is 79.9. The molecule has 0 aliphatic carbocycles. The van der Waals surface area contributed by atoms with E-state index in [4.69, 9.17) is 27.9 Å². The van der Waals surface area contributed by atoms with Crippen molar-refractivity contribution in [2.24, 2.45) is 0 Å². The normalized spacial score (nSPS) is 10.6. The standard InChI is InChI=1S/C13H10BrCl2NO/c14-11-3-1-9(2-4-11)7-18-8-10-6-17-13(16)5-12(10)15/h1-6H,7-8H2. The second-order valence-electron chi connectivity index (χ2n) is 3.72. The topological polar surface area (TPSA) is 22.1 Å². The Morgan fingerprint density at radius 3 is 2.50 bits per heavy atom. The van der Waals surface area contributed by atoms with Gasteiger partial charge in [-0.05, 0) is 23.8 Å². The summed E-state index contributed by atoms with van der Waals surface area (Å²) in [5.41, 5.74) is 1.94. The molecule has 0 saturated carbocycles. The van der Waals surface area contributed by atoms with Crippen molar-refractivity contribution >= 4 is 39.1 Å². The number of aromatic nitrogens is 1. The molecule has 0 bridgehead atoms. The fourth-order valence-electron chi connectivity index (χ4n) is 1.40. The van der Waals surface area contributed by atoms with E-state index in [0.717, 1.165) is 15.6 Å². The van der Waals surface area contributed by atoms with E-state index in [9.17, 15) is 0 Å². The van der Waals surface area contributed by atoms with E-state index in [-0.39, 0.29) is 0 Å². The lowest BCUT2D eigenvalue weighted by Gasteiger charge is -2.06. The van der Waals surface area contributed by atoms with E-state index in [1.54, 1.807) is 12.3 Å². The van der Waals surface area contributed by atoms with E-state index in [0.29, 0.717) is 23.4 Å². The monoisotopic (exact) mass is 345 g/mol. The van der Waals surface area contributed by atoms with Crippen LogP contribution in [0, 0.1) is 0 Å². The summed E-state index contributed by atoms with van der Waals surface area (Å²) in [6.07, 6.45) is 1.63. The van der Waals surface area contributed by atoms with Crippen LogP contribution in [-0.2, 0) is 18.0 Å². The van der Waals surface area contributed by atoms with Gasteiger partial charge in [0.2, 0.25) is 0 Å². The predicted octanol–water partition coefficient (Wildman–Crippen LogP) is 4.87. The summed E-state index contributed by atoms with van der Waals surface area (Å²) >= 11 is 15.1. The van der Waals surface area contributed by atoms with Gasteiger partial charge in [0.1, 0.15) is 5.15 Å². The molecule has 0 aliphatic heterocycles. The Labute approximate surface area is 124 Å². The molecule has 0 radical (unpaired) electrons. The summed E-state index contributed by atoms with van der Waals surface area (Å²) in [5.74, 6) is 0. The minimum atomic E-state index is 0.386. The van der Waals surface area contributed by atoms with Crippen LogP contribution in [0.25, 0.3) is 0 Å². The second-order valence-corrected chi connectivity index (χ2v) is 5.43. The first-order chi connectivity index (χ1) is 8.65. The summed E-state index contributed by atoms with van der Waals surface area (Å²) in [4.78, 5) is 3.97. The van der Waals surface area contributed by atoms with Crippen molar-refractivity contribution in [3.8, 4) is 0 Å². The van der Waals surface area contributed by atoms with Gasteiger partial charge in [-0.3, -0.25) is 0 Å². The Hall–Kier alpha value is -0.610. The fourth-order valence-corrected chi connectivity index (χ4v) is 2.09. The van der Waals surface area contributed by atoms with E-state index < -0.39 is 0 Å². The molecule has 2 aromatic rings. The molecule has 0 aliphatic rings. The first kappa shape index (κ1) is 13.8. The van der Waals surface area contributed by atoms with Crippen LogP contribution < -0.4 is 0 Å². The van der Waals surface area contributed by atoms with Crippen molar-refractivity contribution in [2.75, 3.05) is 0 Å². The molecular weight excluding hydrogens is 337 g/mol. The third-order valence-electron chi connectivity index (χ3n) is 2.34. The molecule has 18 heavy (non-hydrogen) atoms. The first-order valence-corrected chi connectivity index (χ1v) is 6.82. The number of hydrogen-bond donors (Lipinski definition) is 0. The molecule has 1 heterocycles. The van der Waals surface area contributed by atoms with Gasteiger partial charge < -0.3 is 4.74 Å². The summed E-state index contributed by atoms with van der Waals surface area (Å²) in [5, 5.41) is 0.961. The quantitative estimate of drug-likeness (QED) is 0.737. The number of pyridine rings is 1. The van der Waals surface area contributed by atoms with Gasteiger partial charge in [0.05, 0.1) is 18.2 Å². The smallest absolute Gasteiger partial charge is 0.130 e. The molecule has 0 N–H and O–H groups in total. The van der Waals surface area contributed by atoms with Crippen LogP contribution in [0.2, 0.25) is 10.2 Å². The Morgan fingerprint density at radius 2 is 1.83 bits per heavy atom. The molecule has 94 valence electrons. The van der Waals surface area contributed by atoms with Crippen LogP contribution in [0.15, 0.2) is 41.0 Å². The summed E-state index contributed by atoms with van der Waals surface area (Å²) in [6, 6.07) is 9.59. The molecule has 0 saturated heterocycles. The molecule has 0 spiro atoms. The van der Waals surface area contributed by atoms with Crippen molar-refractivity contribution in [3.63, 3.8) is 0 Å². The third-order valence-corrected chi connectivity index (χ3v) is 3.42. The van der Waals surface area contributed by atoms with Gasteiger partial charge in [0.15, 0.2) is 0 Å². The minimum absolute atomic E-state index is 0.386. The highest BCUT2D eigenvalue weighted by Gasteiger charge is 2.02. The van der Waals surface area contributed by atoms with Gasteiger partial charge in [-0.2, -0.15) is 0 Å². The van der Waals surface area contributed by atoms with Crippen LogP contribution >= 0.6 is 39.1 Å². The molecule has 1 aromatic carbocycles. The maximum atomic E-state index is 6.02. The van der Waals surface area contributed by atoms with Gasteiger partial charge in [-0.25, -0.2) is 4.98 Å².